The number of aromatic amines is 1. The SMILES string of the molecule is CC1(C)CCC(Nc2nc3ccc([N+](=O)[O-])cc3[nH]2)C1. The number of nitrogens with zero attached hydrogens (tertiary/aromatic N) is 2. The summed E-state index contributed by atoms with van der Waals surface area (Å²) in [4.78, 5) is 17.9. The van der Waals surface area contributed by atoms with E-state index in [0.29, 0.717) is 22.9 Å². The maximum Gasteiger partial charge on any atom is 0.271 e. The number of nitrogens with one attached hydrogen (secondary N) is 2. The van der Waals surface area contributed by atoms with Crippen LogP contribution in [0, 0.1) is 15.5 Å². The molecule has 1 saturated carbocycles. The van der Waals surface area contributed by atoms with Gasteiger partial charge < -0.3 is 10.3 Å². The second kappa shape index (κ2) is 4.47. The maximum absolute atomic E-state index is 10.8. The lowest BCUT2D eigenvalue weighted by Gasteiger charge is -2.17. The molecule has 20 heavy (non-hydrogen) atoms. The molecule has 1 aromatic heterocycles. The summed E-state index contributed by atoms with van der Waals surface area (Å²) in [5.41, 5.74) is 1.90. The Labute approximate surface area is 116 Å². The minimum absolute atomic E-state index is 0.0784. The number of aromatic nitrogens is 2. The minimum Gasteiger partial charge on any atom is -0.353 e. The van der Waals surface area contributed by atoms with Gasteiger partial charge in [0.2, 0.25) is 5.95 Å². The molecule has 106 valence electrons. The number of hydrogen-bond donors (Lipinski definition) is 2. The highest BCUT2D eigenvalue weighted by atomic mass is 16.6. The van der Waals surface area contributed by atoms with Crippen LogP contribution in [0.2, 0.25) is 0 Å². The van der Waals surface area contributed by atoms with Gasteiger partial charge in [0.15, 0.2) is 0 Å². The van der Waals surface area contributed by atoms with Crippen molar-refractivity contribution in [3.05, 3.63) is 28.3 Å². The van der Waals surface area contributed by atoms with E-state index >= 15 is 0 Å². The Morgan fingerprint density at radius 3 is 2.95 bits per heavy atom. The normalized spacial score (nSPS) is 21.2. The molecule has 0 radical (unpaired) electrons. The van der Waals surface area contributed by atoms with E-state index in [-0.39, 0.29) is 5.69 Å². The van der Waals surface area contributed by atoms with Crippen molar-refractivity contribution in [1.82, 2.24) is 9.97 Å². The van der Waals surface area contributed by atoms with E-state index in [2.05, 4.69) is 29.1 Å². The van der Waals surface area contributed by atoms with E-state index < -0.39 is 4.92 Å². The zero-order valence-corrected chi connectivity index (χ0v) is 11.6. The van der Waals surface area contributed by atoms with Crippen molar-refractivity contribution in [2.24, 2.45) is 5.41 Å². The van der Waals surface area contributed by atoms with Crippen molar-refractivity contribution in [3.63, 3.8) is 0 Å². The number of imidazole rings is 1. The van der Waals surface area contributed by atoms with E-state index in [0.717, 1.165) is 18.4 Å². The molecule has 0 amide bonds. The molecule has 1 heterocycles. The predicted molar refractivity (Wildman–Crippen MR) is 77.8 cm³/mol. The van der Waals surface area contributed by atoms with Gasteiger partial charge >= 0.3 is 0 Å². The standard InChI is InChI=1S/C14H18N4O2/c1-14(2)6-5-9(8-14)15-13-16-11-4-3-10(18(19)20)7-12(11)17-13/h3-4,7,9H,5-6,8H2,1-2H3,(H2,15,16,17). The highest BCUT2D eigenvalue weighted by molar-refractivity contribution is 5.79. The Morgan fingerprint density at radius 2 is 2.30 bits per heavy atom. The smallest absolute Gasteiger partial charge is 0.271 e. The molecule has 6 heteroatoms. The predicted octanol–water partition coefficient (Wildman–Crippen LogP) is 3.46. The van der Waals surface area contributed by atoms with Gasteiger partial charge in [0.05, 0.1) is 16.0 Å². The average molecular weight is 274 g/mol. The summed E-state index contributed by atoms with van der Waals surface area (Å²) >= 11 is 0. The number of benzene rings is 1. The molecule has 3 rings (SSSR count). The van der Waals surface area contributed by atoms with Crippen LogP contribution in [0.1, 0.15) is 33.1 Å². The maximum atomic E-state index is 10.8. The molecule has 1 aliphatic carbocycles. The van der Waals surface area contributed by atoms with Gasteiger partial charge in [-0.25, -0.2) is 4.98 Å². The molecule has 0 saturated heterocycles. The van der Waals surface area contributed by atoms with Crippen molar-refractivity contribution in [2.75, 3.05) is 5.32 Å². The molecule has 2 N–H and O–H groups in total. The first kappa shape index (κ1) is 12.9. The molecule has 1 unspecified atom stereocenters. The van der Waals surface area contributed by atoms with Gasteiger partial charge in [0, 0.05) is 18.2 Å². The van der Waals surface area contributed by atoms with Gasteiger partial charge in [0.1, 0.15) is 0 Å². The van der Waals surface area contributed by atoms with Crippen molar-refractivity contribution in [3.8, 4) is 0 Å². The van der Waals surface area contributed by atoms with Crippen LogP contribution in [0.15, 0.2) is 18.2 Å². The summed E-state index contributed by atoms with van der Waals surface area (Å²) in [6, 6.07) is 5.09. The minimum atomic E-state index is -0.396. The summed E-state index contributed by atoms with van der Waals surface area (Å²) in [5, 5.41) is 14.2. The zero-order chi connectivity index (χ0) is 14.3. The third-order valence-corrected chi connectivity index (χ3v) is 3.99. The van der Waals surface area contributed by atoms with Crippen molar-refractivity contribution < 1.29 is 4.92 Å². The second-order valence-corrected chi connectivity index (χ2v) is 6.29. The summed E-state index contributed by atoms with van der Waals surface area (Å²) in [6.07, 6.45) is 3.45. The topological polar surface area (TPSA) is 83.8 Å². The lowest BCUT2D eigenvalue weighted by molar-refractivity contribution is -0.384. The Hall–Kier alpha value is -2.11. The van der Waals surface area contributed by atoms with Gasteiger partial charge in [-0.05, 0) is 30.7 Å². The number of fused-ring (bicyclic) bond motifs is 1. The Balaban J connectivity index is 1.81. The zero-order valence-electron chi connectivity index (χ0n) is 11.6. The van der Waals surface area contributed by atoms with Crippen molar-refractivity contribution in [1.29, 1.82) is 0 Å². The molecular formula is C14H18N4O2. The van der Waals surface area contributed by atoms with Crippen LogP contribution < -0.4 is 5.32 Å². The monoisotopic (exact) mass is 274 g/mol. The Bertz CT molecular complexity index is 662. The molecule has 1 aromatic carbocycles. The number of nitro benzene ring substituents is 1. The number of non-ortho nitro benzene ring substituents is 1. The van der Waals surface area contributed by atoms with Gasteiger partial charge in [-0.3, -0.25) is 10.1 Å². The molecule has 1 aliphatic rings. The Kier molecular flexibility index (Phi) is 2.88. The van der Waals surface area contributed by atoms with Crippen LogP contribution in [0.5, 0.6) is 0 Å². The van der Waals surface area contributed by atoms with Crippen molar-refractivity contribution >= 4 is 22.7 Å². The lowest BCUT2D eigenvalue weighted by atomic mass is 9.92. The van der Waals surface area contributed by atoms with Crippen molar-refractivity contribution in [2.45, 2.75) is 39.2 Å². The summed E-state index contributed by atoms with van der Waals surface area (Å²) in [5.74, 6) is 0.697. The first-order chi connectivity index (χ1) is 9.43. The molecular weight excluding hydrogens is 256 g/mol. The van der Waals surface area contributed by atoms with Crippen LogP contribution in [-0.2, 0) is 0 Å². The average Bonchev–Trinajstić information content (AvgIpc) is 2.91. The number of anilines is 1. The fourth-order valence-electron chi connectivity index (χ4n) is 2.93. The first-order valence-electron chi connectivity index (χ1n) is 6.84. The fraction of sp³-hybridized carbons (Fsp3) is 0.500. The van der Waals surface area contributed by atoms with Crippen LogP contribution >= 0.6 is 0 Å². The summed E-state index contributed by atoms with van der Waals surface area (Å²) in [7, 11) is 0. The van der Waals surface area contributed by atoms with E-state index in [1.807, 2.05) is 0 Å². The van der Waals surface area contributed by atoms with Gasteiger partial charge in [-0.2, -0.15) is 0 Å². The van der Waals surface area contributed by atoms with Crippen LogP contribution in [0.3, 0.4) is 0 Å². The molecule has 0 spiro atoms. The van der Waals surface area contributed by atoms with E-state index in [9.17, 15) is 10.1 Å². The van der Waals surface area contributed by atoms with Gasteiger partial charge in [-0.15, -0.1) is 0 Å². The molecule has 6 nitrogen and oxygen atoms in total. The third-order valence-electron chi connectivity index (χ3n) is 3.99. The summed E-state index contributed by atoms with van der Waals surface area (Å²) in [6.45, 7) is 4.55. The highest BCUT2D eigenvalue weighted by Crippen LogP contribution is 2.38. The lowest BCUT2D eigenvalue weighted by Crippen LogP contribution is -2.18. The third kappa shape index (κ3) is 2.45. The first-order valence-corrected chi connectivity index (χ1v) is 6.84. The summed E-state index contributed by atoms with van der Waals surface area (Å²) < 4.78 is 0. The molecule has 1 atom stereocenters. The molecule has 2 aromatic rings. The highest BCUT2D eigenvalue weighted by Gasteiger charge is 2.31. The number of rotatable bonds is 3. The molecule has 1 fully saturated rings. The largest absolute Gasteiger partial charge is 0.353 e. The quantitative estimate of drug-likeness (QED) is 0.663. The van der Waals surface area contributed by atoms with Crippen LogP contribution in [-0.4, -0.2) is 20.9 Å². The second-order valence-electron chi connectivity index (χ2n) is 6.29. The number of H-pyrrole nitrogens is 1. The van der Waals surface area contributed by atoms with E-state index in [1.165, 1.54) is 18.6 Å². The molecule has 0 aliphatic heterocycles. The number of hydrogen-bond acceptors (Lipinski definition) is 4. The fourth-order valence-corrected chi connectivity index (χ4v) is 2.93. The van der Waals surface area contributed by atoms with Gasteiger partial charge in [-0.1, -0.05) is 13.8 Å². The van der Waals surface area contributed by atoms with Crippen LogP contribution in [0.4, 0.5) is 11.6 Å². The van der Waals surface area contributed by atoms with Crippen LogP contribution in [0.25, 0.3) is 11.0 Å². The van der Waals surface area contributed by atoms with E-state index in [1.54, 1.807) is 6.07 Å². The number of nitro groups is 1. The van der Waals surface area contributed by atoms with E-state index in [4.69, 9.17) is 0 Å². The molecule has 0 bridgehead atoms. The Morgan fingerprint density at radius 1 is 1.50 bits per heavy atom. The van der Waals surface area contributed by atoms with Gasteiger partial charge in [0.25, 0.3) is 5.69 Å².